The maximum atomic E-state index is 12.8. The molecule has 3 heterocycles. The van der Waals surface area contributed by atoms with Crippen LogP contribution in [0.15, 0.2) is 35.5 Å². The summed E-state index contributed by atoms with van der Waals surface area (Å²) in [4.78, 5) is 52.5. The number of hydrogen-bond acceptors (Lipinski definition) is 6. The van der Waals surface area contributed by atoms with Crippen molar-refractivity contribution in [1.29, 1.82) is 0 Å². The first-order chi connectivity index (χ1) is 12.5. The van der Waals surface area contributed by atoms with Gasteiger partial charge in [-0.05, 0) is 17.7 Å². The first-order valence-electron chi connectivity index (χ1n) is 7.79. The van der Waals surface area contributed by atoms with E-state index in [4.69, 9.17) is 16.3 Å². The number of methoxy groups -OCH3 is 1. The Balaban J connectivity index is 1.68. The molecule has 0 unspecified atom stereocenters. The highest BCUT2D eigenvalue weighted by Gasteiger charge is 2.60. The van der Waals surface area contributed by atoms with E-state index in [0.29, 0.717) is 11.3 Å². The van der Waals surface area contributed by atoms with Gasteiger partial charge >= 0.3 is 5.97 Å². The molecule has 26 heavy (non-hydrogen) atoms. The zero-order valence-electron chi connectivity index (χ0n) is 13.6. The number of imide groups is 1. The molecule has 2 atom stereocenters. The molecule has 3 aliphatic rings. The first-order valence-corrected chi connectivity index (χ1v) is 9.37. The Morgan fingerprint density at radius 2 is 1.81 bits per heavy atom. The zero-order valence-corrected chi connectivity index (χ0v) is 15.2. The molecule has 0 saturated carbocycles. The van der Waals surface area contributed by atoms with Gasteiger partial charge in [0, 0.05) is 11.6 Å². The number of esters is 1. The number of rotatable bonds is 3. The minimum absolute atomic E-state index is 0.0889. The topological polar surface area (TPSA) is 84.0 Å². The Labute approximate surface area is 157 Å². The highest BCUT2D eigenvalue weighted by atomic mass is 35.5. The van der Waals surface area contributed by atoms with E-state index >= 15 is 0 Å². The molecule has 1 saturated heterocycles. The summed E-state index contributed by atoms with van der Waals surface area (Å²) in [7, 11) is 1.23. The second kappa shape index (κ2) is 6.14. The van der Waals surface area contributed by atoms with Gasteiger partial charge in [-0.1, -0.05) is 12.1 Å². The minimum atomic E-state index is -0.941. The number of benzene rings is 1. The molecule has 3 aliphatic heterocycles. The molecule has 0 radical (unpaired) electrons. The molecule has 134 valence electrons. The molecule has 1 aromatic carbocycles. The van der Waals surface area contributed by atoms with Crippen LogP contribution in [-0.4, -0.2) is 63.6 Å². The van der Waals surface area contributed by atoms with Crippen molar-refractivity contribution in [1.82, 2.24) is 9.80 Å². The third-order valence-electron chi connectivity index (χ3n) is 4.66. The highest BCUT2D eigenvalue weighted by molar-refractivity contribution is 8.00. The predicted octanol–water partition coefficient (Wildman–Crippen LogP) is 1.23. The van der Waals surface area contributed by atoms with Gasteiger partial charge in [0.1, 0.15) is 17.1 Å². The lowest BCUT2D eigenvalue weighted by molar-refractivity contribution is -0.152. The molecule has 3 amide bonds. The van der Waals surface area contributed by atoms with Crippen LogP contribution < -0.4 is 0 Å². The fourth-order valence-electron chi connectivity index (χ4n) is 3.42. The van der Waals surface area contributed by atoms with Gasteiger partial charge < -0.3 is 4.74 Å². The molecule has 0 N–H and O–H groups in total. The Morgan fingerprint density at radius 1 is 1.19 bits per heavy atom. The van der Waals surface area contributed by atoms with Gasteiger partial charge in [-0.3, -0.25) is 24.2 Å². The molecule has 0 bridgehead atoms. The summed E-state index contributed by atoms with van der Waals surface area (Å²) in [6, 6.07) is 5.53. The molecule has 9 heteroatoms. The standard InChI is InChI=1S/C17H13ClN2O5S/c1-25-17(24)11-8(6-18)7-26-16-12(15(23)20(11)16)19-13(21)9-4-2-3-5-10(9)14(19)22/h2-5,12,16H,6-7H2,1H3/t12-,16-/m1/s1. The Bertz CT molecular complexity index is 864. The van der Waals surface area contributed by atoms with Crippen molar-refractivity contribution in [2.75, 3.05) is 18.7 Å². The van der Waals surface area contributed by atoms with Crippen LogP contribution in [0, 0.1) is 0 Å². The molecule has 0 spiro atoms. The van der Waals surface area contributed by atoms with Crippen LogP contribution in [-0.2, 0) is 14.3 Å². The van der Waals surface area contributed by atoms with Crippen molar-refractivity contribution in [2.45, 2.75) is 11.4 Å². The molecule has 7 nitrogen and oxygen atoms in total. The Kier molecular flexibility index (Phi) is 4.04. The van der Waals surface area contributed by atoms with E-state index in [1.807, 2.05) is 0 Å². The largest absolute Gasteiger partial charge is 0.464 e. The average molecular weight is 393 g/mol. The van der Waals surface area contributed by atoms with E-state index in [-0.39, 0.29) is 22.7 Å². The van der Waals surface area contributed by atoms with Crippen molar-refractivity contribution >= 4 is 47.1 Å². The van der Waals surface area contributed by atoms with Crippen molar-refractivity contribution in [3.05, 3.63) is 46.7 Å². The number of carbonyl (C=O) groups is 4. The lowest BCUT2D eigenvalue weighted by atomic mass is 10.0. The average Bonchev–Trinajstić information content (AvgIpc) is 2.91. The van der Waals surface area contributed by atoms with Gasteiger partial charge in [-0.25, -0.2) is 4.79 Å². The maximum absolute atomic E-state index is 12.8. The number of thioether (sulfide) groups is 1. The summed E-state index contributed by atoms with van der Waals surface area (Å²) in [6.45, 7) is 0. The summed E-state index contributed by atoms with van der Waals surface area (Å²) in [5, 5.41) is -0.522. The van der Waals surface area contributed by atoms with Gasteiger partial charge in [0.05, 0.1) is 18.2 Å². The summed E-state index contributed by atoms with van der Waals surface area (Å²) >= 11 is 7.26. The number of amides is 3. The summed E-state index contributed by atoms with van der Waals surface area (Å²) in [6.07, 6.45) is 0. The predicted molar refractivity (Wildman–Crippen MR) is 93.6 cm³/mol. The van der Waals surface area contributed by atoms with E-state index in [9.17, 15) is 19.2 Å². The van der Waals surface area contributed by atoms with Gasteiger partial charge in [-0.2, -0.15) is 0 Å². The fourth-order valence-corrected chi connectivity index (χ4v) is 5.14. The summed E-state index contributed by atoms with van der Waals surface area (Å²) in [5.41, 5.74) is 1.28. The van der Waals surface area contributed by atoms with Gasteiger partial charge in [0.15, 0.2) is 0 Å². The number of β-lactam (4-membered cyclic amide) rings is 1. The summed E-state index contributed by atoms with van der Waals surface area (Å²) < 4.78 is 4.77. The van der Waals surface area contributed by atoms with Crippen LogP contribution in [0.2, 0.25) is 0 Å². The molecular weight excluding hydrogens is 380 g/mol. The zero-order chi connectivity index (χ0) is 18.6. The minimum Gasteiger partial charge on any atom is -0.464 e. The van der Waals surface area contributed by atoms with E-state index in [0.717, 1.165) is 4.90 Å². The van der Waals surface area contributed by atoms with E-state index in [1.54, 1.807) is 24.3 Å². The number of halogens is 1. The van der Waals surface area contributed by atoms with Crippen molar-refractivity contribution in [3.8, 4) is 0 Å². The first kappa shape index (κ1) is 17.1. The van der Waals surface area contributed by atoms with Crippen LogP contribution in [0.1, 0.15) is 20.7 Å². The van der Waals surface area contributed by atoms with Gasteiger partial charge in [-0.15, -0.1) is 23.4 Å². The quantitative estimate of drug-likeness (QED) is 0.333. The molecule has 1 fully saturated rings. The third kappa shape index (κ3) is 2.15. The number of alkyl halides is 1. The molecule has 4 rings (SSSR count). The third-order valence-corrected chi connectivity index (χ3v) is 6.31. The number of fused-ring (bicyclic) bond motifs is 2. The van der Waals surface area contributed by atoms with Crippen LogP contribution in [0.25, 0.3) is 0 Å². The highest BCUT2D eigenvalue weighted by Crippen LogP contribution is 2.44. The van der Waals surface area contributed by atoms with Crippen molar-refractivity contribution in [3.63, 3.8) is 0 Å². The number of hydrogen-bond donors (Lipinski definition) is 0. The van der Waals surface area contributed by atoms with Gasteiger partial charge in [0.25, 0.3) is 17.7 Å². The summed E-state index contributed by atoms with van der Waals surface area (Å²) in [5.74, 6) is -1.61. The molecule has 0 aromatic heterocycles. The molecular formula is C17H13ClN2O5S. The number of nitrogens with zero attached hydrogens (tertiary/aromatic N) is 2. The van der Waals surface area contributed by atoms with E-state index in [2.05, 4.69) is 0 Å². The maximum Gasteiger partial charge on any atom is 0.354 e. The SMILES string of the molecule is COC(=O)C1=C(CCl)CS[C@@H]2[C@H](N3C(=O)c4ccccc4C3=O)C(=O)N12. The molecule has 1 aromatic rings. The number of carbonyl (C=O) groups excluding carboxylic acids is 4. The van der Waals surface area contributed by atoms with Crippen LogP contribution in [0.3, 0.4) is 0 Å². The number of ether oxygens (including phenoxy) is 1. The lowest BCUT2D eigenvalue weighted by Gasteiger charge is -2.51. The van der Waals surface area contributed by atoms with Gasteiger partial charge in [0.2, 0.25) is 0 Å². The van der Waals surface area contributed by atoms with E-state index < -0.39 is 35.1 Å². The van der Waals surface area contributed by atoms with Crippen LogP contribution >= 0.6 is 23.4 Å². The normalized spacial score (nSPS) is 24.5. The smallest absolute Gasteiger partial charge is 0.354 e. The Morgan fingerprint density at radius 3 is 2.35 bits per heavy atom. The molecule has 0 aliphatic carbocycles. The Hall–Kier alpha value is -2.32. The van der Waals surface area contributed by atoms with E-state index in [1.165, 1.54) is 23.8 Å². The van der Waals surface area contributed by atoms with Crippen molar-refractivity contribution in [2.24, 2.45) is 0 Å². The van der Waals surface area contributed by atoms with Crippen LogP contribution in [0.4, 0.5) is 0 Å². The lowest BCUT2D eigenvalue weighted by Crippen LogP contribution is -2.71. The van der Waals surface area contributed by atoms with Crippen LogP contribution in [0.5, 0.6) is 0 Å². The second-order valence-corrected chi connectivity index (χ2v) is 7.33. The monoisotopic (exact) mass is 392 g/mol. The fraction of sp³-hybridized carbons (Fsp3) is 0.294. The van der Waals surface area contributed by atoms with Crippen molar-refractivity contribution < 1.29 is 23.9 Å². The second-order valence-electron chi connectivity index (χ2n) is 5.96.